The number of hydrogen-bond acceptors (Lipinski definition) is 6. The maximum Gasteiger partial charge on any atom is 0.302 e. The topological polar surface area (TPSA) is 95.9 Å². The number of carbonyl (C=O) groups excluding carboxylic acids is 2. The Morgan fingerprint density at radius 3 is 2.46 bits per heavy atom. The molecule has 5 rings (SSSR count). The number of piperidine rings is 1. The van der Waals surface area contributed by atoms with Gasteiger partial charge in [-0.1, -0.05) is 27.7 Å². The second-order valence-electron chi connectivity index (χ2n) is 13.6. The molecule has 0 aromatic rings. The summed E-state index contributed by atoms with van der Waals surface area (Å²) in [6.45, 7) is 11.6. The van der Waals surface area contributed by atoms with Crippen LogP contribution >= 0.6 is 0 Å². The Morgan fingerprint density at radius 2 is 1.77 bits per heavy atom. The van der Waals surface area contributed by atoms with E-state index in [4.69, 9.17) is 4.74 Å². The summed E-state index contributed by atoms with van der Waals surface area (Å²) in [6.07, 6.45) is 6.03. The molecule has 6 heteroatoms. The van der Waals surface area contributed by atoms with Gasteiger partial charge in [0.15, 0.2) is 5.78 Å². The van der Waals surface area contributed by atoms with Crippen molar-refractivity contribution in [2.75, 3.05) is 6.54 Å². The van der Waals surface area contributed by atoms with Crippen molar-refractivity contribution < 1.29 is 24.5 Å². The van der Waals surface area contributed by atoms with Crippen molar-refractivity contribution in [1.82, 2.24) is 5.32 Å². The summed E-state index contributed by atoms with van der Waals surface area (Å²) < 4.78 is 6.06. The maximum absolute atomic E-state index is 12.9. The predicted molar refractivity (Wildman–Crippen MR) is 133 cm³/mol. The van der Waals surface area contributed by atoms with E-state index in [1.54, 1.807) is 0 Å². The van der Waals surface area contributed by atoms with Gasteiger partial charge in [0.25, 0.3) is 0 Å². The van der Waals surface area contributed by atoms with E-state index < -0.39 is 6.10 Å². The molecule has 1 saturated heterocycles. The molecule has 6 nitrogen and oxygen atoms in total. The van der Waals surface area contributed by atoms with Gasteiger partial charge in [-0.15, -0.1) is 0 Å². The Labute approximate surface area is 211 Å². The smallest absolute Gasteiger partial charge is 0.302 e. The van der Waals surface area contributed by atoms with Gasteiger partial charge in [0, 0.05) is 24.8 Å². The molecule has 0 aromatic carbocycles. The standard InChI is InChI=1S/C29H47NO5/c1-15-12-23(33)26(30-14-15)16(2)25-24(35-17(3)31)13-21-18-6-7-20-27(34)22(32)9-11-28(20,4)19(18)8-10-29(21,25)5/h15-16,18-26,30,32-33H,6-14H2,1-5H3/t15-,16+,18-,19+,20+,21+,22+,23+,24-,25+,26-,28-,29+/m1/s1. The molecule has 3 N–H and O–H groups in total. The summed E-state index contributed by atoms with van der Waals surface area (Å²) in [5, 5.41) is 24.9. The number of rotatable bonds is 3. The number of aliphatic hydroxyl groups is 2. The van der Waals surface area contributed by atoms with E-state index in [0.29, 0.717) is 30.1 Å². The van der Waals surface area contributed by atoms with Crippen molar-refractivity contribution in [3.8, 4) is 0 Å². The lowest BCUT2D eigenvalue weighted by molar-refractivity contribution is -0.161. The number of esters is 1. The highest BCUT2D eigenvalue weighted by Crippen LogP contribution is 2.68. The number of ether oxygens (including phenoxy) is 1. The van der Waals surface area contributed by atoms with E-state index in [1.807, 2.05) is 0 Å². The second-order valence-corrected chi connectivity index (χ2v) is 13.6. The fraction of sp³-hybridized carbons (Fsp3) is 0.931. The highest BCUT2D eigenvalue weighted by Gasteiger charge is 2.65. The number of hydrogen-bond donors (Lipinski definition) is 3. The lowest BCUT2D eigenvalue weighted by atomic mass is 9.44. The molecule has 5 aliphatic rings. The first-order valence-corrected chi connectivity index (χ1v) is 14.3. The highest BCUT2D eigenvalue weighted by atomic mass is 16.5. The van der Waals surface area contributed by atoms with Crippen molar-refractivity contribution in [3.05, 3.63) is 0 Å². The molecule has 198 valence electrons. The fourth-order valence-electron chi connectivity index (χ4n) is 10.3. The molecule has 13 atom stereocenters. The first kappa shape index (κ1) is 25.7. The Bertz CT molecular complexity index is 847. The van der Waals surface area contributed by atoms with Crippen LogP contribution in [0.3, 0.4) is 0 Å². The van der Waals surface area contributed by atoms with E-state index in [1.165, 1.54) is 6.92 Å². The molecule has 0 amide bonds. The number of fused-ring (bicyclic) bond motifs is 5. The van der Waals surface area contributed by atoms with Crippen LogP contribution in [-0.2, 0) is 14.3 Å². The van der Waals surface area contributed by atoms with Crippen LogP contribution in [-0.4, -0.2) is 52.9 Å². The van der Waals surface area contributed by atoms with E-state index in [-0.39, 0.29) is 58.6 Å². The van der Waals surface area contributed by atoms with Gasteiger partial charge in [-0.3, -0.25) is 9.59 Å². The van der Waals surface area contributed by atoms with Crippen LogP contribution < -0.4 is 5.32 Å². The predicted octanol–water partition coefficient (Wildman–Crippen LogP) is 3.72. The van der Waals surface area contributed by atoms with Crippen LogP contribution in [0, 0.1) is 52.3 Å². The van der Waals surface area contributed by atoms with Crippen molar-refractivity contribution in [2.24, 2.45) is 52.3 Å². The number of ketones is 1. The van der Waals surface area contributed by atoms with Crippen LogP contribution in [0.5, 0.6) is 0 Å². The normalized spacial score (nSPS) is 52.7. The molecule has 4 aliphatic carbocycles. The summed E-state index contributed by atoms with van der Waals surface area (Å²) in [5.41, 5.74) is 0.0188. The van der Waals surface area contributed by atoms with Gasteiger partial charge in [0.05, 0.1) is 6.10 Å². The minimum absolute atomic E-state index is 0.0131. The Balaban J connectivity index is 1.44. The monoisotopic (exact) mass is 489 g/mol. The molecule has 4 saturated carbocycles. The lowest BCUT2D eigenvalue weighted by Gasteiger charge is -2.60. The Morgan fingerprint density at radius 1 is 1.06 bits per heavy atom. The van der Waals surface area contributed by atoms with E-state index in [9.17, 15) is 19.8 Å². The number of aliphatic hydroxyl groups excluding tert-OH is 2. The third kappa shape index (κ3) is 4.01. The highest BCUT2D eigenvalue weighted by molar-refractivity contribution is 5.87. The number of carbonyl (C=O) groups is 2. The first-order valence-electron chi connectivity index (χ1n) is 14.3. The molecule has 0 radical (unpaired) electrons. The molecule has 0 aromatic heterocycles. The SMILES string of the molecule is CC(=O)O[C@@H]1C[C@H]2[C@@H]3CC[C@H]4C(=O)[C@@H](O)CC[C@]4(C)[C@H]3CC[C@]2(C)[C@H]1[C@H](C)[C@H]1NC[C@H](C)C[C@@H]1O. The van der Waals surface area contributed by atoms with Crippen LogP contribution in [0.15, 0.2) is 0 Å². The van der Waals surface area contributed by atoms with Gasteiger partial charge in [-0.25, -0.2) is 0 Å². The van der Waals surface area contributed by atoms with Crippen LogP contribution in [0.1, 0.15) is 86.0 Å². The molecular weight excluding hydrogens is 442 g/mol. The third-order valence-electron chi connectivity index (χ3n) is 11.8. The van der Waals surface area contributed by atoms with Crippen LogP contribution in [0.4, 0.5) is 0 Å². The van der Waals surface area contributed by atoms with E-state index in [0.717, 1.165) is 51.5 Å². The number of Topliss-reactive ketones (excluding diaryl/α,β-unsaturated/α-hetero) is 1. The third-order valence-corrected chi connectivity index (χ3v) is 11.8. The molecule has 1 heterocycles. The van der Waals surface area contributed by atoms with E-state index in [2.05, 4.69) is 33.0 Å². The van der Waals surface area contributed by atoms with Crippen molar-refractivity contribution in [2.45, 2.75) is 110 Å². The zero-order valence-electron chi connectivity index (χ0n) is 22.3. The average molecular weight is 490 g/mol. The quantitative estimate of drug-likeness (QED) is 0.523. The summed E-state index contributed by atoms with van der Waals surface area (Å²) >= 11 is 0. The summed E-state index contributed by atoms with van der Waals surface area (Å²) in [4.78, 5) is 25.1. The molecule has 0 unspecified atom stereocenters. The van der Waals surface area contributed by atoms with Crippen molar-refractivity contribution in [1.29, 1.82) is 0 Å². The fourth-order valence-corrected chi connectivity index (χ4v) is 10.3. The number of nitrogens with one attached hydrogen (secondary N) is 1. The van der Waals surface area contributed by atoms with Crippen LogP contribution in [0.2, 0.25) is 0 Å². The van der Waals surface area contributed by atoms with Gasteiger partial charge in [0.2, 0.25) is 0 Å². The van der Waals surface area contributed by atoms with Gasteiger partial charge < -0.3 is 20.3 Å². The Hall–Kier alpha value is -0.980. The minimum atomic E-state index is -0.777. The summed E-state index contributed by atoms with van der Waals surface area (Å²) in [7, 11) is 0. The summed E-state index contributed by atoms with van der Waals surface area (Å²) in [6, 6.07) is 0.0215. The minimum Gasteiger partial charge on any atom is -0.462 e. The van der Waals surface area contributed by atoms with Crippen LogP contribution in [0.25, 0.3) is 0 Å². The average Bonchev–Trinajstić information content (AvgIpc) is 3.07. The molecule has 0 bridgehead atoms. The van der Waals surface area contributed by atoms with Crippen molar-refractivity contribution in [3.63, 3.8) is 0 Å². The Kier molecular flexibility index (Phi) is 6.67. The second kappa shape index (κ2) is 9.09. The largest absolute Gasteiger partial charge is 0.462 e. The molecule has 1 aliphatic heterocycles. The van der Waals surface area contributed by atoms with Gasteiger partial charge in [-0.2, -0.15) is 0 Å². The van der Waals surface area contributed by atoms with E-state index >= 15 is 0 Å². The van der Waals surface area contributed by atoms with Gasteiger partial charge in [-0.05, 0) is 98.3 Å². The molecule has 5 fully saturated rings. The van der Waals surface area contributed by atoms with Crippen molar-refractivity contribution >= 4 is 11.8 Å². The zero-order valence-corrected chi connectivity index (χ0v) is 22.3. The molecule has 35 heavy (non-hydrogen) atoms. The molecular formula is C29H47NO5. The first-order chi connectivity index (χ1) is 16.5. The maximum atomic E-state index is 12.9. The zero-order chi connectivity index (χ0) is 25.3. The molecule has 0 spiro atoms. The van der Waals surface area contributed by atoms with Gasteiger partial charge in [0.1, 0.15) is 12.2 Å². The summed E-state index contributed by atoms with van der Waals surface area (Å²) in [5.74, 6) is 2.20. The lowest BCUT2D eigenvalue weighted by Crippen LogP contribution is -2.58. The van der Waals surface area contributed by atoms with Gasteiger partial charge >= 0.3 is 5.97 Å².